The molecule has 2 aliphatic rings. The van der Waals surface area contributed by atoms with Gasteiger partial charge >= 0.3 is 0 Å². The minimum atomic E-state index is 0.262. The van der Waals surface area contributed by atoms with Gasteiger partial charge in [-0.15, -0.1) is 0 Å². The summed E-state index contributed by atoms with van der Waals surface area (Å²) >= 11 is 0. The summed E-state index contributed by atoms with van der Waals surface area (Å²) in [5.41, 5.74) is 1.06. The van der Waals surface area contributed by atoms with E-state index >= 15 is 0 Å². The van der Waals surface area contributed by atoms with Gasteiger partial charge in [0.2, 0.25) is 5.91 Å². The van der Waals surface area contributed by atoms with Crippen molar-refractivity contribution in [2.75, 3.05) is 26.2 Å². The Hall–Kier alpha value is -1.42. The van der Waals surface area contributed by atoms with Crippen molar-refractivity contribution in [1.29, 1.82) is 0 Å². The summed E-state index contributed by atoms with van der Waals surface area (Å²) in [6.07, 6.45) is 5.29. The SMILES string of the molecule is O=C(Cc1ccncc1)N1C[C@@H]2CNC[C@@H](C2)C1. The molecule has 0 saturated carbocycles. The summed E-state index contributed by atoms with van der Waals surface area (Å²) in [6, 6.07) is 3.84. The molecule has 2 bridgehead atoms. The van der Waals surface area contributed by atoms with Gasteiger partial charge in [-0.2, -0.15) is 0 Å². The average molecular weight is 245 g/mol. The van der Waals surface area contributed by atoms with Gasteiger partial charge < -0.3 is 10.2 Å². The average Bonchev–Trinajstić information content (AvgIpc) is 2.39. The van der Waals surface area contributed by atoms with Gasteiger partial charge in [-0.1, -0.05) is 0 Å². The second kappa shape index (κ2) is 5.06. The summed E-state index contributed by atoms with van der Waals surface area (Å²) in [5, 5.41) is 3.45. The molecule has 1 amide bonds. The standard InChI is InChI=1S/C14H19N3O/c18-14(6-11-1-3-15-4-2-11)17-9-12-5-13(10-17)8-16-7-12/h1-4,12-13,16H,5-10H2/t12-,13+. The van der Waals surface area contributed by atoms with Crippen LogP contribution in [0, 0.1) is 11.8 Å². The lowest BCUT2D eigenvalue weighted by molar-refractivity contribution is -0.133. The van der Waals surface area contributed by atoms with E-state index in [9.17, 15) is 4.79 Å². The van der Waals surface area contributed by atoms with Gasteiger partial charge in [0.15, 0.2) is 0 Å². The van der Waals surface area contributed by atoms with Crippen molar-refractivity contribution in [1.82, 2.24) is 15.2 Å². The summed E-state index contributed by atoms with van der Waals surface area (Å²) in [5.74, 6) is 1.57. The highest BCUT2D eigenvalue weighted by Crippen LogP contribution is 2.24. The molecule has 3 rings (SSSR count). The fourth-order valence-electron chi connectivity index (χ4n) is 3.10. The number of carbonyl (C=O) groups excluding carboxylic acids is 1. The van der Waals surface area contributed by atoms with Crippen LogP contribution in [-0.2, 0) is 11.2 Å². The molecule has 2 saturated heterocycles. The topological polar surface area (TPSA) is 45.2 Å². The Bertz CT molecular complexity index is 408. The molecule has 96 valence electrons. The van der Waals surface area contributed by atoms with E-state index < -0.39 is 0 Å². The molecule has 18 heavy (non-hydrogen) atoms. The third-order valence-corrected chi connectivity index (χ3v) is 3.95. The summed E-state index contributed by atoms with van der Waals surface area (Å²) < 4.78 is 0. The highest BCUT2D eigenvalue weighted by atomic mass is 16.2. The number of amides is 1. The van der Waals surface area contributed by atoms with Gasteiger partial charge in [-0.05, 0) is 49.0 Å². The molecule has 0 aromatic carbocycles. The molecular weight excluding hydrogens is 226 g/mol. The molecule has 2 atom stereocenters. The Labute approximate surface area is 107 Å². The van der Waals surface area contributed by atoms with Crippen molar-refractivity contribution in [3.05, 3.63) is 30.1 Å². The fraction of sp³-hybridized carbons (Fsp3) is 0.571. The Morgan fingerprint density at radius 2 is 1.94 bits per heavy atom. The van der Waals surface area contributed by atoms with Crippen molar-refractivity contribution >= 4 is 5.91 Å². The lowest BCUT2D eigenvalue weighted by Crippen LogP contribution is -2.53. The maximum absolute atomic E-state index is 12.3. The maximum Gasteiger partial charge on any atom is 0.227 e. The molecule has 3 heterocycles. The third-order valence-electron chi connectivity index (χ3n) is 3.95. The third kappa shape index (κ3) is 2.53. The van der Waals surface area contributed by atoms with Crippen molar-refractivity contribution in [3.8, 4) is 0 Å². The first-order chi connectivity index (χ1) is 8.81. The molecule has 2 fully saturated rings. The number of likely N-dealkylation sites (tertiary alicyclic amines) is 1. The predicted octanol–water partition coefficient (Wildman–Crippen LogP) is 0.692. The number of hydrogen-bond donors (Lipinski definition) is 1. The molecule has 0 aliphatic carbocycles. The lowest BCUT2D eigenvalue weighted by Gasteiger charge is -2.41. The quantitative estimate of drug-likeness (QED) is 0.834. The Morgan fingerprint density at radius 3 is 2.61 bits per heavy atom. The van der Waals surface area contributed by atoms with Gasteiger partial charge in [0.05, 0.1) is 6.42 Å². The van der Waals surface area contributed by atoms with Crippen LogP contribution in [0.3, 0.4) is 0 Å². The number of hydrogen-bond acceptors (Lipinski definition) is 3. The number of nitrogens with one attached hydrogen (secondary N) is 1. The van der Waals surface area contributed by atoms with E-state index in [1.165, 1.54) is 6.42 Å². The number of fused-ring (bicyclic) bond motifs is 2. The zero-order valence-corrected chi connectivity index (χ0v) is 10.5. The fourth-order valence-corrected chi connectivity index (χ4v) is 3.10. The van der Waals surface area contributed by atoms with E-state index in [-0.39, 0.29) is 5.91 Å². The van der Waals surface area contributed by atoms with Crippen molar-refractivity contribution in [2.24, 2.45) is 11.8 Å². The normalized spacial score (nSPS) is 27.0. The number of piperidine rings is 2. The smallest absolute Gasteiger partial charge is 0.227 e. The van der Waals surface area contributed by atoms with Gasteiger partial charge in [-0.25, -0.2) is 0 Å². The number of rotatable bonds is 2. The van der Waals surface area contributed by atoms with Crippen LogP contribution in [0.2, 0.25) is 0 Å². The maximum atomic E-state index is 12.3. The van der Waals surface area contributed by atoms with Crippen LogP contribution in [0.15, 0.2) is 24.5 Å². The zero-order valence-electron chi connectivity index (χ0n) is 10.5. The molecule has 4 heteroatoms. The predicted molar refractivity (Wildman–Crippen MR) is 69.0 cm³/mol. The van der Waals surface area contributed by atoms with E-state index in [4.69, 9.17) is 0 Å². The van der Waals surface area contributed by atoms with Crippen molar-refractivity contribution in [2.45, 2.75) is 12.8 Å². The Balaban J connectivity index is 1.63. The molecule has 2 aliphatic heterocycles. The molecule has 1 aromatic heterocycles. The van der Waals surface area contributed by atoms with Crippen LogP contribution in [0.1, 0.15) is 12.0 Å². The first kappa shape index (κ1) is 11.7. The Morgan fingerprint density at radius 1 is 1.28 bits per heavy atom. The van der Waals surface area contributed by atoms with E-state index in [0.29, 0.717) is 18.3 Å². The van der Waals surface area contributed by atoms with Gasteiger partial charge in [0.1, 0.15) is 0 Å². The highest BCUT2D eigenvalue weighted by Gasteiger charge is 2.32. The molecule has 1 aromatic rings. The molecule has 0 spiro atoms. The van der Waals surface area contributed by atoms with Crippen LogP contribution in [-0.4, -0.2) is 42.0 Å². The lowest BCUT2D eigenvalue weighted by atomic mass is 9.85. The first-order valence-corrected chi connectivity index (χ1v) is 6.68. The number of carbonyl (C=O) groups is 1. The zero-order chi connectivity index (χ0) is 12.4. The second-order valence-electron chi connectivity index (χ2n) is 5.46. The number of pyridine rings is 1. The van der Waals surface area contributed by atoms with Gasteiger partial charge in [0, 0.05) is 25.5 Å². The molecule has 0 radical (unpaired) electrons. The second-order valence-corrected chi connectivity index (χ2v) is 5.46. The largest absolute Gasteiger partial charge is 0.342 e. The van der Waals surface area contributed by atoms with Crippen molar-refractivity contribution in [3.63, 3.8) is 0 Å². The minimum absolute atomic E-state index is 0.262. The monoisotopic (exact) mass is 245 g/mol. The van der Waals surface area contributed by atoms with E-state index in [2.05, 4.69) is 15.2 Å². The van der Waals surface area contributed by atoms with Crippen LogP contribution in [0.5, 0.6) is 0 Å². The van der Waals surface area contributed by atoms with Crippen LogP contribution >= 0.6 is 0 Å². The van der Waals surface area contributed by atoms with E-state index in [0.717, 1.165) is 31.7 Å². The number of aromatic nitrogens is 1. The highest BCUT2D eigenvalue weighted by molar-refractivity contribution is 5.78. The van der Waals surface area contributed by atoms with E-state index in [1.54, 1.807) is 12.4 Å². The van der Waals surface area contributed by atoms with Gasteiger partial charge in [0.25, 0.3) is 0 Å². The van der Waals surface area contributed by atoms with Gasteiger partial charge in [-0.3, -0.25) is 9.78 Å². The summed E-state index contributed by atoms with van der Waals surface area (Å²) in [7, 11) is 0. The van der Waals surface area contributed by atoms with E-state index in [1.807, 2.05) is 12.1 Å². The minimum Gasteiger partial charge on any atom is -0.342 e. The van der Waals surface area contributed by atoms with Crippen LogP contribution < -0.4 is 5.32 Å². The van der Waals surface area contributed by atoms with Crippen LogP contribution in [0.25, 0.3) is 0 Å². The molecule has 4 nitrogen and oxygen atoms in total. The molecule has 1 N–H and O–H groups in total. The number of nitrogens with zero attached hydrogens (tertiary/aromatic N) is 2. The van der Waals surface area contributed by atoms with Crippen molar-refractivity contribution < 1.29 is 4.79 Å². The summed E-state index contributed by atoms with van der Waals surface area (Å²) in [4.78, 5) is 18.3. The van der Waals surface area contributed by atoms with Crippen LogP contribution in [0.4, 0.5) is 0 Å². The molecule has 0 unspecified atom stereocenters. The molecular formula is C14H19N3O. The summed E-state index contributed by atoms with van der Waals surface area (Å²) in [6.45, 7) is 3.98. The first-order valence-electron chi connectivity index (χ1n) is 6.68. The Kier molecular flexibility index (Phi) is 3.28.